The summed E-state index contributed by atoms with van der Waals surface area (Å²) in [6.45, 7) is 5.15. The fraction of sp³-hybridized carbons (Fsp3) is 0.308. The van der Waals surface area contributed by atoms with Crippen LogP contribution in [-0.2, 0) is 13.0 Å². The van der Waals surface area contributed by atoms with Gasteiger partial charge in [-0.1, -0.05) is 29.8 Å². The summed E-state index contributed by atoms with van der Waals surface area (Å²) in [5.74, 6) is 0.688. The molecule has 1 saturated carbocycles. The predicted octanol–water partition coefficient (Wildman–Crippen LogP) is 5.32. The molecule has 1 atom stereocenters. The first-order valence-electron chi connectivity index (χ1n) is 11.5. The van der Waals surface area contributed by atoms with Crippen molar-refractivity contribution in [2.24, 2.45) is 5.41 Å². The van der Waals surface area contributed by atoms with E-state index < -0.39 is 0 Å². The molecule has 0 N–H and O–H groups in total. The quantitative estimate of drug-likeness (QED) is 0.274. The average Bonchev–Trinajstić information content (AvgIpc) is 3.24. The summed E-state index contributed by atoms with van der Waals surface area (Å²) in [7, 11) is 0. The number of pyridine rings is 2. The molecular formula is C26H25BrN6O. The Labute approximate surface area is 205 Å². The maximum absolute atomic E-state index is 12.8. The average molecular weight is 517 g/mol. The third kappa shape index (κ3) is 3.96. The van der Waals surface area contributed by atoms with Crippen molar-refractivity contribution in [2.75, 3.05) is 0 Å². The van der Waals surface area contributed by atoms with Gasteiger partial charge in [0.05, 0.1) is 41.5 Å². The van der Waals surface area contributed by atoms with Gasteiger partial charge in [0.2, 0.25) is 0 Å². The van der Waals surface area contributed by atoms with Crippen LogP contribution >= 0.6 is 15.9 Å². The largest absolute Gasteiger partial charge is 0.307 e. The van der Waals surface area contributed by atoms with Crippen LogP contribution in [0.5, 0.6) is 0 Å². The Morgan fingerprint density at radius 2 is 2.00 bits per heavy atom. The van der Waals surface area contributed by atoms with E-state index in [1.165, 1.54) is 12.0 Å². The van der Waals surface area contributed by atoms with Gasteiger partial charge in [-0.3, -0.25) is 9.48 Å². The summed E-state index contributed by atoms with van der Waals surface area (Å²) in [4.78, 5) is 22.1. The van der Waals surface area contributed by atoms with Gasteiger partial charge in [0.15, 0.2) is 5.78 Å². The minimum Gasteiger partial charge on any atom is -0.307 e. The molecule has 1 unspecified atom stereocenters. The van der Waals surface area contributed by atoms with Crippen LogP contribution in [0.2, 0.25) is 0 Å². The Hall–Kier alpha value is -3.26. The van der Waals surface area contributed by atoms with Crippen LogP contribution in [0.3, 0.4) is 0 Å². The van der Waals surface area contributed by atoms with Crippen molar-refractivity contribution >= 4 is 32.9 Å². The van der Waals surface area contributed by atoms with Crippen LogP contribution in [0.25, 0.3) is 11.2 Å². The third-order valence-electron chi connectivity index (χ3n) is 6.90. The summed E-state index contributed by atoms with van der Waals surface area (Å²) in [6.07, 6.45) is 13.5. The maximum Gasteiger partial charge on any atom is 0.166 e. The van der Waals surface area contributed by atoms with Gasteiger partial charge < -0.3 is 8.80 Å². The fourth-order valence-electron chi connectivity index (χ4n) is 4.72. The zero-order valence-corrected chi connectivity index (χ0v) is 20.7. The molecule has 0 bridgehead atoms. The molecule has 34 heavy (non-hydrogen) atoms. The van der Waals surface area contributed by atoms with Crippen molar-refractivity contribution < 1.29 is 4.79 Å². The van der Waals surface area contributed by atoms with Crippen molar-refractivity contribution in [2.45, 2.75) is 45.6 Å². The van der Waals surface area contributed by atoms with E-state index in [1.54, 1.807) is 17.2 Å². The van der Waals surface area contributed by atoms with Crippen molar-refractivity contribution in [3.63, 3.8) is 0 Å². The Kier molecular flexibility index (Phi) is 4.95. The van der Waals surface area contributed by atoms with E-state index in [4.69, 9.17) is 4.98 Å². The lowest BCUT2D eigenvalue weighted by Gasteiger charge is -2.03. The van der Waals surface area contributed by atoms with Gasteiger partial charge in [0, 0.05) is 35.7 Å². The predicted molar refractivity (Wildman–Crippen MR) is 133 cm³/mol. The molecular weight excluding hydrogens is 492 g/mol. The van der Waals surface area contributed by atoms with Crippen LogP contribution < -0.4 is 0 Å². The highest BCUT2D eigenvalue weighted by atomic mass is 79.9. The number of halogens is 1. The van der Waals surface area contributed by atoms with Gasteiger partial charge in [-0.2, -0.15) is 5.10 Å². The number of aromatic nitrogens is 6. The number of carbonyl (C=O) groups is 1. The van der Waals surface area contributed by atoms with Gasteiger partial charge in [-0.15, -0.1) is 0 Å². The molecule has 0 amide bonds. The first-order chi connectivity index (χ1) is 16.4. The molecule has 0 spiro atoms. The van der Waals surface area contributed by atoms with Crippen LogP contribution in [0, 0.1) is 5.41 Å². The zero-order valence-electron chi connectivity index (χ0n) is 19.1. The highest BCUT2D eigenvalue weighted by molar-refractivity contribution is 9.10. The molecule has 1 aliphatic rings. The van der Waals surface area contributed by atoms with Gasteiger partial charge in [0.1, 0.15) is 5.65 Å². The highest BCUT2D eigenvalue weighted by Gasteiger charge is 2.46. The van der Waals surface area contributed by atoms with E-state index in [2.05, 4.69) is 62.6 Å². The molecule has 1 aliphatic carbocycles. The standard InChI is InChI=1S/C26H25BrN6O/c1-26(2)11-21(26)17-5-7-31-14-20(30-25(31)9-17)15-33-13-18(12-29-33)24(34)4-3-22-23-10-19(27)6-8-32(23)16-28-22/h5-10,12-14,16,21H,3-4,11,15H2,1-2H3. The molecule has 5 aromatic heterocycles. The third-order valence-corrected chi connectivity index (χ3v) is 7.39. The number of aryl methyl sites for hydroxylation is 1. The topological polar surface area (TPSA) is 69.5 Å². The molecule has 172 valence electrons. The second kappa shape index (κ2) is 7.91. The summed E-state index contributed by atoms with van der Waals surface area (Å²) < 4.78 is 6.79. The SMILES string of the molecule is CC1(C)CC1c1ccn2cc(Cn3cc(C(=O)CCc4ncn5ccc(Br)cc45)cn3)nc2c1. The summed E-state index contributed by atoms with van der Waals surface area (Å²) in [5, 5.41) is 4.40. The molecule has 8 heteroatoms. The number of imidazole rings is 2. The lowest BCUT2D eigenvalue weighted by Crippen LogP contribution is -2.02. The van der Waals surface area contributed by atoms with E-state index >= 15 is 0 Å². The number of Topliss-reactive ketones (excluding diaryl/α,β-unsaturated/α-hetero) is 1. The molecule has 0 aromatic carbocycles. The molecule has 5 aromatic rings. The fourth-order valence-corrected chi connectivity index (χ4v) is 5.06. The maximum atomic E-state index is 12.8. The first-order valence-corrected chi connectivity index (χ1v) is 12.3. The Balaban J connectivity index is 1.13. The highest BCUT2D eigenvalue weighted by Crippen LogP contribution is 2.58. The number of fused-ring (bicyclic) bond motifs is 2. The second-order valence-electron chi connectivity index (χ2n) is 9.88. The van der Waals surface area contributed by atoms with Crippen molar-refractivity contribution in [3.05, 3.63) is 88.6 Å². The molecule has 6 rings (SSSR count). The van der Waals surface area contributed by atoms with E-state index in [1.807, 2.05) is 35.1 Å². The summed E-state index contributed by atoms with van der Waals surface area (Å²) in [5.41, 5.74) is 6.18. The minimum atomic E-state index is 0.0640. The number of ketones is 1. The van der Waals surface area contributed by atoms with Gasteiger partial charge in [0.25, 0.3) is 0 Å². The van der Waals surface area contributed by atoms with Crippen LogP contribution in [0.1, 0.15) is 59.9 Å². The van der Waals surface area contributed by atoms with Crippen molar-refractivity contribution in [3.8, 4) is 0 Å². The molecule has 0 aliphatic heterocycles. The van der Waals surface area contributed by atoms with Gasteiger partial charge in [-0.05, 0) is 54.0 Å². The Morgan fingerprint density at radius 1 is 1.18 bits per heavy atom. The van der Waals surface area contributed by atoms with Crippen LogP contribution in [0.15, 0.2) is 66.0 Å². The number of hydrogen-bond acceptors (Lipinski definition) is 4. The smallest absolute Gasteiger partial charge is 0.166 e. The normalized spacial score (nSPS) is 17.0. The van der Waals surface area contributed by atoms with E-state index in [0.29, 0.717) is 36.3 Å². The lowest BCUT2D eigenvalue weighted by atomic mass is 10.0. The van der Waals surface area contributed by atoms with Gasteiger partial charge >= 0.3 is 0 Å². The number of nitrogens with zero attached hydrogens (tertiary/aromatic N) is 6. The number of hydrogen-bond donors (Lipinski definition) is 0. The molecule has 1 fully saturated rings. The molecule has 0 radical (unpaired) electrons. The van der Waals surface area contributed by atoms with Crippen LogP contribution in [0.4, 0.5) is 0 Å². The van der Waals surface area contributed by atoms with Crippen molar-refractivity contribution in [1.82, 2.24) is 28.5 Å². The lowest BCUT2D eigenvalue weighted by molar-refractivity contribution is 0.0982. The van der Waals surface area contributed by atoms with E-state index in [9.17, 15) is 4.79 Å². The number of rotatable bonds is 7. The Morgan fingerprint density at radius 3 is 2.82 bits per heavy atom. The molecule has 0 saturated heterocycles. The second-order valence-corrected chi connectivity index (χ2v) is 10.8. The first kappa shape index (κ1) is 21.3. The Bertz CT molecular complexity index is 1540. The number of carbonyl (C=O) groups excluding carboxylic acids is 1. The van der Waals surface area contributed by atoms with E-state index in [-0.39, 0.29) is 5.78 Å². The zero-order chi connectivity index (χ0) is 23.4. The van der Waals surface area contributed by atoms with E-state index in [0.717, 1.165) is 27.0 Å². The minimum absolute atomic E-state index is 0.0640. The van der Waals surface area contributed by atoms with Gasteiger partial charge in [-0.25, -0.2) is 9.97 Å². The monoisotopic (exact) mass is 516 g/mol. The van der Waals surface area contributed by atoms with Crippen molar-refractivity contribution in [1.29, 1.82) is 0 Å². The van der Waals surface area contributed by atoms with Crippen LogP contribution in [-0.4, -0.2) is 34.3 Å². The molecule has 7 nitrogen and oxygen atoms in total. The molecule has 5 heterocycles. The summed E-state index contributed by atoms with van der Waals surface area (Å²) >= 11 is 3.50. The summed E-state index contributed by atoms with van der Waals surface area (Å²) in [6, 6.07) is 8.38.